The molecule has 0 unspecified atom stereocenters. The summed E-state index contributed by atoms with van der Waals surface area (Å²) < 4.78 is 118. The Labute approximate surface area is 616 Å². The summed E-state index contributed by atoms with van der Waals surface area (Å²) in [6, 6.07) is 45.7. The van der Waals surface area contributed by atoms with Crippen LogP contribution in [0.2, 0.25) is 30.8 Å². The molecular formula is C77H58Cl6F9N11. The molecule has 15 rings (SSSR count). The molecule has 12 aromatic rings. The van der Waals surface area contributed by atoms with E-state index in [0.717, 1.165) is 145 Å². The highest BCUT2D eigenvalue weighted by molar-refractivity contribution is 6.35. The molecule has 0 atom stereocenters. The Balaban J connectivity index is 0.000000129. The lowest BCUT2D eigenvalue weighted by Gasteiger charge is -2.17. The fourth-order valence-electron chi connectivity index (χ4n) is 12.1. The summed E-state index contributed by atoms with van der Waals surface area (Å²) in [5.41, 5.74) is 7.34. The van der Waals surface area contributed by atoms with Gasteiger partial charge in [-0.05, 0) is 144 Å². The first-order valence-electron chi connectivity index (χ1n) is 32.6. The fraction of sp³-hybridized carbons (Fsp3) is 0.234. The van der Waals surface area contributed by atoms with Gasteiger partial charge >= 0.3 is 18.5 Å². The van der Waals surface area contributed by atoms with Crippen molar-refractivity contribution in [2.45, 2.75) is 115 Å². The summed E-state index contributed by atoms with van der Waals surface area (Å²) in [4.78, 5) is 43.1. The first-order chi connectivity index (χ1) is 49.4. The molecule has 0 fully saturated rings. The molecule has 5 heterocycles. The van der Waals surface area contributed by atoms with Gasteiger partial charge in [-0.1, -0.05) is 192 Å². The molecule has 7 aromatic carbocycles. The molecule has 0 bridgehead atoms. The van der Waals surface area contributed by atoms with Gasteiger partial charge in [-0.25, -0.2) is 49.8 Å². The van der Waals surface area contributed by atoms with Crippen molar-refractivity contribution in [2.24, 2.45) is 0 Å². The van der Waals surface area contributed by atoms with Gasteiger partial charge in [0.05, 0.1) is 44.4 Å². The van der Waals surface area contributed by atoms with Crippen molar-refractivity contribution in [3.05, 3.63) is 256 Å². The number of hydrogen-bond donors (Lipinski definition) is 0. The highest BCUT2D eigenvalue weighted by Gasteiger charge is 2.37. The zero-order valence-electron chi connectivity index (χ0n) is 54.6. The zero-order valence-corrected chi connectivity index (χ0v) is 59.1. The number of rotatable bonds is 5. The van der Waals surface area contributed by atoms with E-state index in [1.807, 2.05) is 79.7 Å². The van der Waals surface area contributed by atoms with Crippen molar-refractivity contribution in [3.63, 3.8) is 0 Å². The zero-order chi connectivity index (χ0) is 73.2. The summed E-state index contributed by atoms with van der Waals surface area (Å²) in [5, 5.41) is 12.9. The van der Waals surface area contributed by atoms with Crippen molar-refractivity contribution in [1.29, 1.82) is 5.26 Å². The number of benzene rings is 7. The predicted molar refractivity (Wildman–Crippen MR) is 386 cm³/mol. The standard InChI is InChI=1S/C17H16ClF3N2.C16H10ClF3N2.C15H14Cl2N2.C15H8ClN3.C14H10ClF3N2/c18-15-12-8-3-1-2-4-10-14(12)22-16(23-15)11-7-5-6-9-13(11)17(19,20)21;1-9-5-4-7-11-13(9)21-15(22-14(11)17)10-6-2-3-8-12(10)16(18,19)20;16-12-8-5-4-6-10(12)15-18-13-9-3-1-2-7-11(13)14(17)19-15;16-14-12-7-3-4-8-13(12)18-15(19-14)11-6-2-1-5-10(11)9-17;15-12-9-5-3-7-11(9)19-13(20-12)8-4-1-2-6-10(8)14(16,17)18/h5-7,9H,1-4,8,10H2;2-8H,1H3;4-6,8H,1-3,7,9H2;1-8H;1-2,4,6H,3,5,7H2. The molecule has 0 radical (unpaired) electrons. The van der Waals surface area contributed by atoms with Gasteiger partial charge < -0.3 is 0 Å². The molecule has 5 aromatic heterocycles. The number of nitriles is 1. The second-order valence-electron chi connectivity index (χ2n) is 24.0. The smallest absolute Gasteiger partial charge is 0.233 e. The van der Waals surface area contributed by atoms with Crippen LogP contribution in [0.3, 0.4) is 0 Å². The quantitative estimate of drug-likeness (QED) is 0.0919. The van der Waals surface area contributed by atoms with Crippen LogP contribution in [-0.2, 0) is 57.1 Å². The number of hydrogen-bond acceptors (Lipinski definition) is 11. The Hall–Kier alpha value is -8.94. The van der Waals surface area contributed by atoms with Gasteiger partial charge in [-0.15, -0.1) is 0 Å². The molecule has 0 saturated carbocycles. The number of aromatic nitrogens is 10. The minimum Gasteiger partial charge on any atom is -0.233 e. The van der Waals surface area contributed by atoms with Gasteiger partial charge in [-0.3, -0.25) is 0 Å². The van der Waals surface area contributed by atoms with Crippen LogP contribution in [0.4, 0.5) is 39.5 Å². The van der Waals surface area contributed by atoms with Crippen molar-refractivity contribution in [1.82, 2.24) is 49.8 Å². The molecule has 0 spiro atoms. The first-order valence-corrected chi connectivity index (χ1v) is 34.9. The topological polar surface area (TPSA) is 153 Å². The third-order valence-electron chi connectivity index (χ3n) is 17.2. The summed E-state index contributed by atoms with van der Waals surface area (Å²) in [6.45, 7) is 1.82. The number of nitrogens with zero attached hydrogens (tertiary/aromatic N) is 11. The fourth-order valence-corrected chi connectivity index (χ4v) is 13.6. The SMILES string of the molecule is Cc1cccc2c(Cl)nc(-c3ccccc3C(F)(F)F)nc12.Clc1ccccc1-c1nc(Cl)c2c(n1)CCCCC2.FC(F)(F)c1ccccc1-c1nc(Cl)c2c(n1)CCC2.FC(F)(F)c1ccccc1-c1nc(Cl)c2c(n1)CCCCCC2.N#Cc1ccccc1-c1nc(Cl)c2ccccc2n1. The lowest BCUT2D eigenvalue weighted by atomic mass is 9.98. The summed E-state index contributed by atoms with van der Waals surface area (Å²) >= 11 is 37.1. The first kappa shape index (κ1) is 75.2. The second kappa shape index (κ2) is 33.2. The lowest BCUT2D eigenvalue weighted by Crippen LogP contribution is -2.10. The van der Waals surface area contributed by atoms with Crippen LogP contribution in [0.25, 0.3) is 78.7 Å². The number of alkyl halides is 9. The Kier molecular flexibility index (Phi) is 24.3. The monoisotopic (exact) mass is 1520 g/mol. The Morgan fingerprint density at radius 3 is 1.16 bits per heavy atom. The molecule has 3 aliphatic carbocycles. The van der Waals surface area contributed by atoms with E-state index in [-0.39, 0.29) is 49.6 Å². The average molecular weight is 1520 g/mol. The third kappa shape index (κ3) is 18.2. The van der Waals surface area contributed by atoms with Crippen molar-refractivity contribution in [2.75, 3.05) is 0 Å². The molecule has 0 N–H and O–H groups in total. The van der Waals surface area contributed by atoms with E-state index in [9.17, 15) is 39.5 Å². The third-order valence-corrected chi connectivity index (χ3v) is 19.0. The summed E-state index contributed by atoms with van der Waals surface area (Å²) in [7, 11) is 0. The van der Waals surface area contributed by atoms with Crippen LogP contribution < -0.4 is 0 Å². The maximum absolute atomic E-state index is 13.2. The van der Waals surface area contributed by atoms with E-state index < -0.39 is 35.2 Å². The van der Waals surface area contributed by atoms with E-state index in [4.69, 9.17) is 74.9 Å². The molecule has 26 heteroatoms. The second-order valence-corrected chi connectivity index (χ2v) is 26.2. The van der Waals surface area contributed by atoms with Crippen LogP contribution in [0, 0.1) is 18.3 Å². The van der Waals surface area contributed by atoms with Crippen molar-refractivity contribution < 1.29 is 39.5 Å². The molecular weight excluding hydrogens is 1460 g/mol. The van der Waals surface area contributed by atoms with E-state index in [0.29, 0.717) is 49.0 Å². The van der Waals surface area contributed by atoms with E-state index in [1.165, 1.54) is 67.8 Å². The Morgan fingerprint density at radius 2 is 0.670 bits per heavy atom. The molecule has 0 amide bonds. The summed E-state index contributed by atoms with van der Waals surface area (Å²) in [5.74, 6) is 1.18. The molecule has 0 saturated heterocycles. The van der Waals surface area contributed by atoms with Gasteiger partial charge in [0.25, 0.3) is 0 Å². The molecule has 0 aliphatic heterocycles. The summed E-state index contributed by atoms with van der Waals surface area (Å²) in [6.07, 6.45) is 0.342. The highest BCUT2D eigenvalue weighted by atomic mass is 35.5. The predicted octanol–water partition coefficient (Wildman–Crippen LogP) is 23.6. The number of aryl methyl sites for hydroxylation is 4. The minimum absolute atomic E-state index is 0.0215. The van der Waals surface area contributed by atoms with Gasteiger partial charge in [0.1, 0.15) is 25.8 Å². The van der Waals surface area contributed by atoms with Crippen LogP contribution in [0.15, 0.2) is 164 Å². The maximum Gasteiger partial charge on any atom is 0.417 e. The Bertz CT molecular complexity index is 5130. The minimum atomic E-state index is -4.48. The van der Waals surface area contributed by atoms with Crippen LogP contribution >= 0.6 is 69.6 Å². The lowest BCUT2D eigenvalue weighted by molar-refractivity contribution is -0.137. The van der Waals surface area contributed by atoms with Crippen LogP contribution in [-0.4, -0.2) is 49.8 Å². The van der Waals surface area contributed by atoms with Crippen molar-refractivity contribution >= 4 is 91.4 Å². The number of fused-ring (bicyclic) bond motifs is 5. The molecule has 11 nitrogen and oxygen atoms in total. The van der Waals surface area contributed by atoms with Crippen LogP contribution in [0.1, 0.15) is 113 Å². The molecule has 3 aliphatic rings. The van der Waals surface area contributed by atoms with Gasteiger partial charge in [0.15, 0.2) is 29.1 Å². The van der Waals surface area contributed by atoms with Gasteiger partial charge in [0.2, 0.25) is 0 Å². The van der Waals surface area contributed by atoms with Gasteiger partial charge in [0, 0.05) is 72.4 Å². The number of halogens is 15. The number of para-hydroxylation sites is 2. The molecule has 103 heavy (non-hydrogen) atoms. The van der Waals surface area contributed by atoms with Gasteiger partial charge in [-0.2, -0.15) is 44.8 Å². The van der Waals surface area contributed by atoms with E-state index >= 15 is 0 Å². The highest BCUT2D eigenvalue weighted by Crippen LogP contribution is 2.42. The van der Waals surface area contributed by atoms with E-state index in [1.54, 1.807) is 24.3 Å². The van der Waals surface area contributed by atoms with E-state index in [2.05, 4.69) is 55.9 Å². The van der Waals surface area contributed by atoms with Crippen LogP contribution in [0.5, 0.6) is 0 Å². The maximum atomic E-state index is 13.2. The molecule has 526 valence electrons. The van der Waals surface area contributed by atoms with Crippen molar-refractivity contribution in [3.8, 4) is 63.0 Å². The largest absolute Gasteiger partial charge is 0.417 e. The average Bonchev–Trinajstić information content (AvgIpc) is 1.18. The normalized spacial score (nSPS) is 13.5. The Morgan fingerprint density at radius 1 is 0.320 bits per heavy atom.